The number of hydrogen-bond donors (Lipinski definition) is 1. The van der Waals surface area contributed by atoms with Crippen LogP contribution in [0, 0.1) is 12.7 Å². The van der Waals surface area contributed by atoms with Crippen LogP contribution in [-0.2, 0) is 0 Å². The maximum atomic E-state index is 13.6. The zero-order valence-electron chi connectivity index (χ0n) is 12.0. The molecule has 2 rings (SSSR count). The van der Waals surface area contributed by atoms with E-state index in [0.29, 0.717) is 10.6 Å². The Morgan fingerprint density at radius 2 is 1.90 bits per heavy atom. The van der Waals surface area contributed by atoms with Gasteiger partial charge in [0.25, 0.3) is 0 Å². The first kappa shape index (κ1) is 15.0. The van der Waals surface area contributed by atoms with Crippen molar-refractivity contribution in [3.05, 3.63) is 58.4 Å². The Hall–Kier alpha value is -1.38. The second kappa shape index (κ2) is 6.38. The summed E-state index contributed by atoms with van der Waals surface area (Å²) in [5.74, 6) is -0.268. The molecule has 1 nitrogen and oxygen atoms in total. The summed E-state index contributed by atoms with van der Waals surface area (Å²) >= 11 is 6.23. The van der Waals surface area contributed by atoms with Crippen LogP contribution in [0.15, 0.2) is 36.4 Å². The first-order chi connectivity index (χ1) is 9.54. The third-order valence-electron chi connectivity index (χ3n) is 3.48. The highest BCUT2D eigenvalue weighted by Gasteiger charge is 2.14. The largest absolute Gasteiger partial charge is 0.310 e. The minimum absolute atomic E-state index is 0.220. The molecule has 0 aromatic heterocycles. The van der Waals surface area contributed by atoms with Crippen molar-refractivity contribution in [2.75, 3.05) is 6.54 Å². The van der Waals surface area contributed by atoms with Gasteiger partial charge in [-0.3, -0.25) is 0 Å². The number of hydrogen-bond acceptors (Lipinski definition) is 1. The molecule has 20 heavy (non-hydrogen) atoms. The lowest BCUT2D eigenvalue weighted by Gasteiger charge is -2.18. The average molecular weight is 292 g/mol. The molecule has 0 aliphatic rings. The molecule has 0 aliphatic heterocycles. The summed E-state index contributed by atoms with van der Waals surface area (Å²) < 4.78 is 13.6. The van der Waals surface area contributed by atoms with Crippen LogP contribution in [0.1, 0.15) is 31.0 Å². The zero-order valence-corrected chi connectivity index (χ0v) is 12.8. The van der Waals surface area contributed by atoms with E-state index in [4.69, 9.17) is 11.6 Å². The van der Waals surface area contributed by atoms with E-state index in [0.717, 1.165) is 17.7 Å². The standard InChI is InChI=1S/C17H19ClFN/c1-4-20-12(3)13-7-5-6-8-14(13)15-9-11(2)17(19)10-16(15)18/h5-10,12,20H,4H2,1-3H3. The lowest BCUT2D eigenvalue weighted by molar-refractivity contribution is 0.599. The van der Waals surface area contributed by atoms with Gasteiger partial charge in [-0.25, -0.2) is 4.39 Å². The fourth-order valence-corrected chi connectivity index (χ4v) is 2.65. The van der Waals surface area contributed by atoms with Crippen LogP contribution in [0.5, 0.6) is 0 Å². The van der Waals surface area contributed by atoms with E-state index in [1.54, 1.807) is 6.92 Å². The van der Waals surface area contributed by atoms with E-state index in [-0.39, 0.29) is 11.9 Å². The molecule has 0 heterocycles. The quantitative estimate of drug-likeness (QED) is 0.824. The smallest absolute Gasteiger partial charge is 0.127 e. The van der Waals surface area contributed by atoms with Crippen molar-refractivity contribution >= 4 is 11.6 Å². The average Bonchev–Trinajstić information content (AvgIpc) is 2.43. The maximum Gasteiger partial charge on any atom is 0.127 e. The lowest BCUT2D eigenvalue weighted by Crippen LogP contribution is -2.18. The first-order valence-corrected chi connectivity index (χ1v) is 7.20. The van der Waals surface area contributed by atoms with Crippen LogP contribution in [-0.4, -0.2) is 6.54 Å². The maximum absolute atomic E-state index is 13.6. The molecule has 1 unspecified atom stereocenters. The van der Waals surface area contributed by atoms with E-state index in [2.05, 4.69) is 25.2 Å². The summed E-state index contributed by atoms with van der Waals surface area (Å²) in [6.45, 7) is 6.85. The number of halogens is 2. The van der Waals surface area contributed by atoms with Gasteiger partial charge in [-0.1, -0.05) is 42.8 Å². The van der Waals surface area contributed by atoms with Gasteiger partial charge in [0.15, 0.2) is 0 Å². The van der Waals surface area contributed by atoms with Crippen LogP contribution < -0.4 is 5.32 Å². The Bertz CT molecular complexity index is 610. The van der Waals surface area contributed by atoms with Gasteiger partial charge in [0, 0.05) is 11.6 Å². The second-order valence-electron chi connectivity index (χ2n) is 4.95. The Morgan fingerprint density at radius 1 is 1.20 bits per heavy atom. The molecule has 106 valence electrons. The Balaban J connectivity index is 2.56. The zero-order chi connectivity index (χ0) is 14.7. The van der Waals surface area contributed by atoms with Crippen LogP contribution in [0.4, 0.5) is 4.39 Å². The molecule has 1 atom stereocenters. The van der Waals surface area contributed by atoms with Crippen molar-refractivity contribution in [1.82, 2.24) is 5.32 Å². The van der Waals surface area contributed by atoms with Crippen molar-refractivity contribution in [2.24, 2.45) is 0 Å². The van der Waals surface area contributed by atoms with Crippen molar-refractivity contribution in [3.63, 3.8) is 0 Å². The SMILES string of the molecule is CCNC(C)c1ccccc1-c1cc(C)c(F)cc1Cl. The lowest BCUT2D eigenvalue weighted by atomic mass is 9.94. The molecule has 0 spiro atoms. The molecule has 0 bridgehead atoms. The minimum Gasteiger partial charge on any atom is -0.310 e. The van der Waals surface area contributed by atoms with E-state index < -0.39 is 0 Å². The van der Waals surface area contributed by atoms with Gasteiger partial charge in [-0.15, -0.1) is 0 Å². The third-order valence-corrected chi connectivity index (χ3v) is 3.79. The van der Waals surface area contributed by atoms with E-state index in [1.165, 1.54) is 11.6 Å². The number of rotatable bonds is 4. The third kappa shape index (κ3) is 3.02. The minimum atomic E-state index is -0.268. The van der Waals surface area contributed by atoms with Crippen molar-refractivity contribution < 1.29 is 4.39 Å². The molecule has 3 heteroatoms. The van der Waals surface area contributed by atoms with E-state index in [1.807, 2.05) is 24.3 Å². The van der Waals surface area contributed by atoms with Gasteiger partial charge in [0.05, 0.1) is 5.02 Å². The van der Waals surface area contributed by atoms with Crippen LogP contribution in [0.25, 0.3) is 11.1 Å². The van der Waals surface area contributed by atoms with Crippen molar-refractivity contribution in [2.45, 2.75) is 26.8 Å². The first-order valence-electron chi connectivity index (χ1n) is 6.83. The van der Waals surface area contributed by atoms with Crippen molar-refractivity contribution in [1.29, 1.82) is 0 Å². The highest BCUT2D eigenvalue weighted by Crippen LogP contribution is 2.34. The summed E-state index contributed by atoms with van der Waals surface area (Å²) in [7, 11) is 0. The number of nitrogens with one attached hydrogen (secondary N) is 1. The Kier molecular flexibility index (Phi) is 4.79. The van der Waals surface area contributed by atoms with E-state index >= 15 is 0 Å². The highest BCUT2D eigenvalue weighted by atomic mass is 35.5. The molecule has 0 aliphatic carbocycles. The van der Waals surface area contributed by atoms with Gasteiger partial charge >= 0.3 is 0 Å². The van der Waals surface area contributed by atoms with E-state index in [9.17, 15) is 4.39 Å². The van der Waals surface area contributed by atoms with Gasteiger partial charge in [0.1, 0.15) is 5.82 Å². The van der Waals surface area contributed by atoms with Crippen LogP contribution >= 0.6 is 11.6 Å². The molecular weight excluding hydrogens is 273 g/mol. The monoisotopic (exact) mass is 291 g/mol. The summed E-state index contributed by atoms with van der Waals surface area (Å²) in [6, 6.07) is 11.5. The summed E-state index contributed by atoms with van der Waals surface area (Å²) in [5.41, 5.74) is 3.71. The summed E-state index contributed by atoms with van der Waals surface area (Å²) in [5, 5.41) is 3.85. The van der Waals surface area contributed by atoms with Crippen LogP contribution in [0.3, 0.4) is 0 Å². The van der Waals surface area contributed by atoms with Crippen LogP contribution in [0.2, 0.25) is 5.02 Å². The predicted octanol–water partition coefficient (Wildman–Crippen LogP) is 5.13. The fraction of sp³-hybridized carbons (Fsp3) is 0.294. The van der Waals surface area contributed by atoms with Gasteiger partial charge < -0.3 is 5.32 Å². The molecule has 1 N–H and O–H groups in total. The highest BCUT2D eigenvalue weighted by molar-refractivity contribution is 6.33. The molecule has 0 saturated carbocycles. The predicted molar refractivity (Wildman–Crippen MR) is 83.7 cm³/mol. The molecule has 0 saturated heterocycles. The Labute approximate surface area is 124 Å². The molecule has 0 amide bonds. The number of aryl methyl sites for hydroxylation is 1. The summed E-state index contributed by atoms with van der Waals surface area (Å²) in [6.07, 6.45) is 0. The molecule has 0 fully saturated rings. The molecule has 2 aromatic carbocycles. The summed E-state index contributed by atoms with van der Waals surface area (Å²) in [4.78, 5) is 0. The number of benzene rings is 2. The van der Waals surface area contributed by atoms with Gasteiger partial charge in [-0.2, -0.15) is 0 Å². The van der Waals surface area contributed by atoms with Gasteiger partial charge in [-0.05, 0) is 49.2 Å². The topological polar surface area (TPSA) is 12.0 Å². The van der Waals surface area contributed by atoms with Crippen molar-refractivity contribution in [3.8, 4) is 11.1 Å². The normalized spacial score (nSPS) is 12.4. The molecule has 0 radical (unpaired) electrons. The molecule has 2 aromatic rings. The van der Waals surface area contributed by atoms with Gasteiger partial charge in [0.2, 0.25) is 0 Å². The Morgan fingerprint density at radius 3 is 2.60 bits per heavy atom. The second-order valence-corrected chi connectivity index (χ2v) is 5.36. The fourth-order valence-electron chi connectivity index (χ4n) is 2.40. The molecular formula is C17H19ClFN.